The maximum atomic E-state index is 11.3. The van der Waals surface area contributed by atoms with Gasteiger partial charge in [-0.3, -0.25) is 0 Å². The second-order valence-electron chi connectivity index (χ2n) is 2.29. The first-order valence-corrected chi connectivity index (χ1v) is 7.03. The Hall–Kier alpha value is -0.410. The van der Waals surface area contributed by atoms with Crippen LogP contribution in [0.1, 0.15) is 6.92 Å². The molecular weight excluding hydrogens is 207 g/mol. The Morgan fingerprint density at radius 3 is 2.62 bits per heavy atom. The van der Waals surface area contributed by atoms with Crippen LogP contribution in [0.4, 0.5) is 0 Å². The highest BCUT2D eigenvalue weighted by atomic mass is 32.5. The van der Waals surface area contributed by atoms with Gasteiger partial charge < -0.3 is 14.3 Å². The fraction of sp³-hybridized carbons (Fsp3) is 0.250. The second kappa shape index (κ2) is 4.72. The van der Waals surface area contributed by atoms with E-state index in [2.05, 4.69) is 0 Å². The predicted octanol–water partition coefficient (Wildman–Crippen LogP) is 1.20. The van der Waals surface area contributed by atoms with Gasteiger partial charge in [-0.05, 0) is 19.1 Å². The Morgan fingerprint density at radius 1 is 1.46 bits per heavy atom. The van der Waals surface area contributed by atoms with Crippen molar-refractivity contribution in [2.75, 3.05) is 5.75 Å². The Labute approximate surface area is 81.2 Å². The van der Waals surface area contributed by atoms with Gasteiger partial charge in [0.05, 0.1) is 0 Å². The zero-order valence-electron chi connectivity index (χ0n) is 7.21. The average Bonchev–Trinajstić information content (AvgIpc) is 2.04. The third-order valence-electron chi connectivity index (χ3n) is 1.26. The van der Waals surface area contributed by atoms with E-state index in [9.17, 15) is 9.79 Å². The first kappa shape index (κ1) is 10.7. The van der Waals surface area contributed by atoms with Gasteiger partial charge in [0.15, 0.2) is 5.75 Å². The fourth-order valence-corrected chi connectivity index (χ4v) is 2.97. The molecule has 72 valence electrons. The van der Waals surface area contributed by atoms with Gasteiger partial charge in [0.1, 0.15) is 5.75 Å². The molecule has 0 bridgehead atoms. The van der Waals surface area contributed by atoms with Gasteiger partial charge in [-0.2, -0.15) is 0 Å². The minimum absolute atomic E-state index is 0.425. The number of para-hydroxylation sites is 1. The zero-order valence-corrected chi connectivity index (χ0v) is 8.92. The highest BCUT2D eigenvalue weighted by Gasteiger charge is 2.12. The van der Waals surface area contributed by atoms with Gasteiger partial charge in [-0.15, -0.1) is 0 Å². The van der Waals surface area contributed by atoms with Crippen LogP contribution in [-0.4, -0.2) is 10.6 Å². The summed E-state index contributed by atoms with van der Waals surface area (Å²) in [6, 6.07) is 8.64. The molecule has 0 aliphatic rings. The minimum Gasteiger partial charge on any atom is -0.731 e. The molecule has 0 radical (unpaired) electrons. The molecule has 13 heavy (non-hydrogen) atoms. The molecule has 0 aliphatic carbocycles. The summed E-state index contributed by atoms with van der Waals surface area (Å²) in [6.45, 7) is -1.69. The summed E-state index contributed by atoms with van der Waals surface area (Å²) < 4.78 is 4.92. The van der Waals surface area contributed by atoms with Gasteiger partial charge >= 0.3 is 6.72 Å². The van der Waals surface area contributed by atoms with Gasteiger partial charge in [0.25, 0.3) is 0 Å². The summed E-state index contributed by atoms with van der Waals surface area (Å²) in [6.07, 6.45) is 0. The van der Waals surface area contributed by atoms with Crippen LogP contribution in [0, 0.1) is 0 Å². The molecule has 0 aromatic heterocycles. The SMILES string of the molecule is CC[S+]=P([O-])(O)Oc1ccccc1. The van der Waals surface area contributed by atoms with Crippen molar-refractivity contribution in [3.63, 3.8) is 0 Å². The third kappa shape index (κ3) is 3.87. The highest BCUT2D eigenvalue weighted by molar-refractivity contribution is 8.16. The van der Waals surface area contributed by atoms with Crippen molar-refractivity contribution in [1.29, 1.82) is 0 Å². The molecule has 1 rings (SSSR count). The lowest BCUT2D eigenvalue weighted by atomic mass is 10.3. The standard InChI is InChI=1S/C8H11O3PS/c1-2-13-12(9,10)11-8-6-4-3-5-7-8/h3-7H,2H2,1H3,(H-,9,10). The molecule has 0 spiro atoms. The van der Waals surface area contributed by atoms with Crippen LogP contribution in [0.25, 0.3) is 0 Å². The third-order valence-corrected chi connectivity index (χ3v) is 4.26. The Morgan fingerprint density at radius 2 is 2.08 bits per heavy atom. The first-order valence-electron chi connectivity index (χ1n) is 3.86. The van der Waals surface area contributed by atoms with Crippen molar-refractivity contribution >= 4 is 17.7 Å². The normalized spacial score (nSPS) is 14.7. The monoisotopic (exact) mass is 218 g/mol. The van der Waals surface area contributed by atoms with Gasteiger partial charge in [0.2, 0.25) is 10.9 Å². The summed E-state index contributed by atoms with van der Waals surface area (Å²) in [5.41, 5.74) is 0. The molecule has 0 heterocycles. The lowest BCUT2D eigenvalue weighted by Crippen LogP contribution is -2.07. The van der Waals surface area contributed by atoms with Crippen molar-refractivity contribution in [3.8, 4) is 5.75 Å². The molecular formula is C8H11O3PS. The molecule has 0 aliphatic heterocycles. The summed E-state index contributed by atoms with van der Waals surface area (Å²) in [5.74, 6) is 0.981. The topological polar surface area (TPSA) is 52.5 Å². The quantitative estimate of drug-likeness (QED) is 0.612. The van der Waals surface area contributed by atoms with Crippen LogP contribution in [0.15, 0.2) is 30.3 Å². The molecule has 1 atom stereocenters. The van der Waals surface area contributed by atoms with Crippen LogP contribution in [0.3, 0.4) is 0 Å². The predicted molar refractivity (Wildman–Crippen MR) is 54.1 cm³/mol. The first-order chi connectivity index (χ1) is 6.14. The van der Waals surface area contributed by atoms with Gasteiger partial charge in [-0.25, -0.2) is 0 Å². The van der Waals surface area contributed by atoms with Gasteiger partial charge in [-0.1, -0.05) is 18.2 Å². The minimum atomic E-state index is -3.50. The largest absolute Gasteiger partial charge is 0.731 e. The van der Waals surface area contributed by atoms with E-state index >= 15 is 0 Å². The fourth-order valence-electron chi connectivity index (χ4n) is 0.804. The van der Waals surface area contributed by atoms with E-state index in [4.69, 9.17) is 4.52 Å². The maximum Gasteiger partial charge on any atom is 0.368 e. The smallest absolute Gasteiger partial charge is 0.368 e. The molecule has 3 nitrogen and oxygen atoms in total. The van der Waals surface area contributed by atoms with E-state index in [1.807, 2.05) is 13.0 Å². The summed E-state index contributed by atoms with van der Waals surface area (Å²) in [4.78, 5) is 20.5. The number of benzene rings is 1. The molecule has 1 aromatic carbocycles. The van der Waals surface area contributed by atoms with Crippen LogP contribution < -0.4 is 9.42 Å². The highest BCUT2D eigenvalue weighted by Crippen LogP contribution is 2.35. The number of rotatable bonds is 3. The Balaban J connectivity index is 2.75. The zero-order chi connectivity index (χ0) is 9.73. The van der Waals surface area contributed by atoms with E-state index in [-0.39, 0.29) is 0 Å². The molecule has 1 N–H and O–H groups in total. The molecule has 5 heteroatoms. The molecule has 1 unspecified atom stereocenters. The Bertz CT molecular complexity index is 306. The molecule has 0 amide bonds. The lowest BCUT2D eigenvalue weighted by Gasteiger charge is -2.14. The van der Waals surface area contributed by atoms with Crippen molar-refractivity contribution < 1.29 is 14.3 Å². The van der Waals surface area contributed by atoms with Crippen molar-refractivity contribution in [2.45, 2.75) is 6.92 Å². The Kier molecular flexibility index (Phi) is 3.88. The van der Waals surface area contributed by atoms with Crippen LogP contribution >= 0.6 is 6.72 Å². The molecule has 0 fully saturated rings. The average molecular weight is 218 g/mol. The van der Waals surface area contributed by atoms with Crippen LogP contribution in [-0.2, 0) is 10.9 Å². The summed E-state index contributed by atoms with van der Waals surface area (Å²) in [5, 5.41) is 0. The summed E-state index contributed by atoms with van der Waals surface area (Å²) >= 11 is 0. The molecule has 0 saturated heterocycles. The van der Waals surface area contributed by atoms with Crippen molar-refractivity contribution in [2.24, 2.45) is 0 Å². The van der Waals surface area contributed by atoms with E-state index < -0.39 is 6.72 Å². The number of hydrogen-bond acceptors (Lipinski definition) is 2. The maximum absolute atomic E-state index is 11.3. The van der Waals surface area contributed by atoms with E-state index in [0.29, 0.717) is 11.5 Å². The van der Waals surface area contributed by atoms with Crippen LogP contribution in [0.2, 0.25) is 0 Å². The van der Waals surface area contributed by atoms with E-state index in [1.54, 1.807) is 24.3 Å². The lowest BCUT2D eigenvalue weighted by molar-refractivity contribution is -0.193. The molecule has 0 saturated carbocycles. The van der Waals surface area contributed by atoms with E-state index in [0.717, 1.165) is 10.9 Å². The molecule has 1 aromatic rings. The van der Waals surface area contributed by atoms with E-state index in [1.165, 1.54) is 0 Å². The van der Waals surface area contributed by atoms with Crippen LogP contribution in [0.5, 0.6) is 5.75 Å². The summed E-state index contributed by atoms with van der Waals surface area (Å²) in [7, 11) is 0.917. The van der Waals surface area contributed by atoms with Crippen molar-refractivity contribution in [1.82, 2.24) is 0 Å². The number of hydrogen-bond donors (Lipinski definition) is 1. The van der Waals surface area contributed by atoms with Crippen molar-refractivity contribution in [3.05, 3.63) is 30.3 Å². The second-order valence-corrected chi connectivity index (χ2v) is 6.40. The van der Waals surface area contributed by atoms with Gasteiger partial charge in [0, 0.05) is 0 Å².